The van der Waals surface area contributed by atoms with Crippen molar-refractivity contribution in [2.24, 2.45) is 0 Å². The zero-order valence-electron chi connectivity index (χ0n) is 9.29. The van der Waals surface area contributed by atoms with Gasteiger partial charge in [0.05, 0.1) is 11.3 Å². The Hall–Kier alpha value is -2.17. The molecule has 0 fully saturated rings. The van der Waals surface area contributed by atoms with Gasteiger partial charge in [-0.3, -0.25) is 0 Å². The average molecular weight is 253 g/mol. The summed E-state index contributed by atoms with van der Waals surface area (Å²) in [7, 11) is 0. The Balaban J connectivity index is 2.19. The van der Waals surface area contributed by atoms with Crippen molar-refractivity contribution in [3.05, 3.63) is 59.4 Å². The number of halogens is 3. The highest BCUT2D eigenvalue weighted by atomic mass is 19.1. The molecule has 0 aliphatic carbocycles. The smallest absolute Gasteiger partial charge is 0.145 e. The molecule has 0 aliphatic heterocycles. The van der Waals surface area contributed by atoms with Crippen LogP contribution in [0, 0.1) is 17.5 Å². The monoisotopic (exact) mass is 253 g/mol. The maximum absolute atomic E-state index is 13.3. The molecule has 0 unspecified atom stereocenters. The predicted octanol–water partition coefficient (Wildman–Crippen LogP) is 3.27. The summed E-state index contributed by atoms with van der Waals surface area (Å²) < 4.78 is 44.7. The van der Waals surface area contributed by atoms with E-state index in [4.69, 9.17) is 10.5 Å². The Morgan fingerprint density at radius 1 is 1.00 bits per heavy atom. The van der Waals surface area contributed by atoms with E-state index >= 15 is 0 Å². The number of hydrogen-bond acceptors (Lipinski definition) is 2. The molecular weight excluding hydrogens is 243 g/mol. The number of nitrogen functional groups attached to an aromatic ring is 1. The normalized spacial score (nSPS) is 10.4. The first-order valence-electron chi connectivity index (χ1n) is 5.18. The molecule has 2 N–H and O–H groups in total. The third kappa shape index (κ3) is 2.56. The number of ether oxygens (including phenoxy) is 1. The lowest BCUT2D eigenvalue weighted by atomic mass is 10.2. The first kappa shape index (κ1) is 12.3. The van der Waals surface area contributed by atoms with Gasteiger partial charge in [-0.1, -0.05) is 6.07 Å². The van der Waals surface area contributed by atoms with Gasteiger partial charge in [0, 0.05) is 6.07 Å². The fourth-order valence-electron chi connectivity index (χ4n) is 1.45. The van der Waals surface area contributed by atoms with Crippen LogP contribution >= 0.6 is 0 Å². The second-order valence-corrected chi connectivity index (χ2v) is 3.67. The lowest BCUT2D eigenvalue weighted by molar-refractivity contribution is 0.293. The van der Waals surface area contributed by atoms with Gasteiger partial charge in [0.15, 0.2) is 0 Å². The minimum atomic E-state index is -0.718. The van der Waals surface area contributed by atoms with Crippen LogP contribution in [-0.4, -0.2) is 0 Å². The topological polar surface area (TPSA) is 35.2 Å². The second-order valence-electron chi connectivity index (χ2n) is 3.67. The van der Waals surface area contributed by atoms with E-state index in [0.717, 1.165) is 18.2 Å². The Bertz CT molecular complexity index is 552. The molecule has 0 aromatic heterocycles. The number of anilines is 1. The van der Waals surface area contributed by atoms with Crippen molar-refractivity contribution >= 4 is 5.69 Å². The minimum absolute atomic E-state index is 0.0534. The van der Waals surface area contributed by atoms with Crippen LogP contribution in [0.5, 0.6) is 5.75 Å². The average Bonchev–Trinajstić information content (AvgIpc) is 2.33. The van der Waals surface area contributed by atoms with E-state index in [1.165, 1.54) is 18.2 Å². The van der Waals surface area contributed by atoms with Crippen molar-refractivity contribution in [2.45, 2.75) is 6.61 Å². The largest absolute Gasteiger partial charge is 0.486 e. The van der Waals surface area contributed by atoms with Crippen LogP contribution in [0.3, 0.4) is 0 Å². The lowest BCUT2D eigenvalue weighted by Gasteiger charge is -2.10. The van der Waals surface area contributed by atoms with Gasteiger partial charge in [-0.25, -0.2) is 13.2 Å². The van der Waals surface area contributed by atoms with Gasteiger partial charge in [-0.2, -0.15) is 0 Å². The Kier molecular flexibility index (Phi) is 3.41. The molecule has 94 valence electrons. The van der Waals surface area contributed by atoms with E-state index in [-0.39, 0.29) is 23.6 Å². The van der Waals surface area contributed by atoms with Crippen molar-refractivity contribution in [3.8, 4) is 5.75 Å². The molecule has 2 rings (SSSR count). The van der Waals surface area contributed by atoms with Crippen LogP contribution in [-0.2, 0) is 6.61 Å². The quantitative estimate of drug-likeness (QED) is 0.852. The molecule has 18 heavy (non-hydrogen) atoms. The maximum atomic E-state index is 13.3. The van der Waals surface area contributed by atoms with Crippen molar-refractivity contribution in [1.29, 1.82) is 0 Å². The number of rotatable bonds is 3. The van der Waals surface area contributed by atoms with E-state index in [9.17, 15) is 13.2 Å². The fraction of sp³-hybridized carbons (Fsp3) is 0.0769. The van der Waals surface area contributed by atoms with Gasteiger partial charge in [0.1, 0.15) is 29.8 Å². The van der Waals surface area contributed by atoms with Crippen LogP contribution in [0.25, 0.3) is 0 Å². The third-order valence-corrected chi connectivity index (χ3v) is 2.41. The van der Waals surface area contributed by atoms with E-state index in [1.54, 1.807) is 0 Å². The van der Waals surface area contributed by atoms with Crippen LogP contribution in [0.1, 0.15) is 5.56 Å². The molecule has 2 nitrogen and oxygen atoms in total. The fourth-order valence-corrected chi connectivity index (χ4v) is 1.45. The van der Waals surface area contributed by atoms with Crippen molar-refractivity contribution in [1.82, 2.24) is 0 Å². The zero-order chi connectivity index (χ0) is 13.1. The number of nitrogens with two attached hydrogens (primary N) is 1. The molecule has 0 amide bonds. The second kappa shape index (κ2) is 5.00. The summed E-state index contributed by atoms with van der Waals surface area (Å²) >= 11 is 0. The first-order chi connectivity index (χ1) is 8.58. The minimum Gasteiger partial charge on any atom is -0.486 e. The third-order valence-electron chi connectivity index (χ3n) is 2.41. The highest BCUT2D eigenvalue weighted by Crippen LogP contribution is 2.24. The summed E-state index contributed by atoms with van der Waals surface area (Å²) in [5.41, 5.74) is 5.53. The van der Waals surface area contributed by atoms with E-state index in [2.05, 4.69) is 0 Å². The van der Waals surface area contributed by atoms with Gasteiger partial charge in [-0.05, 0) is 24.3 Å². The maximum Gasteiger partial charge on any atom is 0.145 e. The summed E-state index contributed by atoms with van der Waals surface area (Å²) in [6.07, 6.45) is 0. The van der Waals surface area contributed by atoms with Crippen molar-refractivity contribution in [2.75, 3.05) is 5.73 Å². The van der Waals surface area contributed by atoms with Crippen LogP contribution < -0.4 is 10.5 Å². The van der Waals surface area contributed by atoms with E-state index in [1.807, 2.05) is 0 Å². The molecule has 5 heteroatoms. The molecule has 0 aliphatic rings. The van der Waals surface area contributed by atoms with Crippen molar-refractivity contribution in [3.63, 3.8) is 0 Å². The van der Waals surface area contributed by atoms with E-state index < -0.39 is 17.5 Å². The predicted molar refractivity (Wildman–Crippen MR) is 61.5 cm³/mol. The highest BCUT2D eigenvalue weighted by Gasteiger charge is 2.10. The molecule has 0 bridgehead atoms. The SMILES string of the molecule is Nc1ccc(F)cc1OCc1c(F)cccc1F. The Labute approximate surface area is 102 Å². The highest BCUT2D eigenvalue weighted by molar-refractivity contribution is 5.52. The van der Waals surface area contributed by atoms with Gasteiger partial charge in [0.2, 0.25) is 0 Å². The van der Waals surface area contributed by atoms with Gasteiger partial charge in [-0.15, -0.1) is 0 Å². The molecule has 0 radical (unpaired) electrons. The molecule has 0 spiro atoms. The molecule has 0 heterocycles. The molecule has 2 aromatic rings. The van der Waals surface area contributed by atoms with E-state index in [0.29, 0.717) is 0 Å². The number of benzene rings is 2. The summed E-state index contributed by atoms with van der Waals surface area (Å²) in [5, 5.41) is 0. The van der Waals surface area contributed by atoms with Gasteiger partial charge < -0.3 is 10.5 Å². The van der Waals surface area contributed by atoms with Crippen LogP contribution in [0.15, 0.2) is 36.4 Å². The summed E-state index contributed by atoms with van der Waals surface area (Å²) in [6, 6.07) is 7.06. The molecule has 2 aromatic carbocycles. The molecule has 0 saturated carbocycles. The molecule has 0 saturated heterocycles. The Morgan fingerprint density at radius 3 is 2.33 bits per heavy atom. The summed E-state index contributed by atoms with van der Waals surface area (Å²) in [6.45, 7) is -0.355. The zero-order valence-corrected chi connectivity index (χ0v) is 9.29. The summed E-state index contributed by atoms with van der Waals surface area (Å²) in [4.78, 5) is 0. The standard InChI is InChI=1S/C13H10F3NO/c14-8-4-5-12(17)13(6-8)18-7-9-10(15)2-1-3-11(9)16/h1-6H,7,17H2. The van der Waals surface area contributed by atoms with Crippen LogP contribution in [0.4, 0.5) is 18.9 Å². The summed E-state index contributed by atoms with van der Waals surface area (Å²) in [5.74, 6) is -1.92. The van der Waals surface area contributed by atoms with Gasteiger partial charge in [0.25, 0.3) is 0 Å². The Morgan fingerprint density at radius 2 is 1.67 bits per heavy atom. The lowest BCUT2D eigenvalue weighted by Crippen LogP contribution is -2.03. The first-order valence-corrected chi connectivity index (χ1v) is 5.18. The van der Waals surface area contributed by atoms with Gasteiger partial charge >= 0.3 is 0 Å². The van der Waals surface area contributed by atoms with Crippen molar-refractivity contribution < 1.29 is 17.9 Å². The molecular formula is C13H10F3NO. The molecule has 0 atom stereocenters. The number of hydrogen-bond donors (Lipinski definition) is 1. The van der Waals surface area contributed by atoms with Crippen LogP contribution in [0.2, 0.25) is 0 Å².